The summed E-state index contributed by atoms with van der Waals surface area (Å²) in [5, 5.41) is 0. The highest BCUT2D eigenvalue weighted by Gasteiger charge is 2.17. The zero-order chi connectivity index (χ0) is 15.9. The number of hydrogen-bond donors (Lipinski definition) is 0. The monoisotopic (exact) mass is 228 g/mol. The van der Waals surface area contributed by atoms with Crippen molar-refractivity contribution in [3.05, 3.63) is 59.6 Å². The van der Waals surface area contributed by atoms with Crippen molar-refractivity contribution in [3.8, 4) is 11.1 Å². The molecule has 2 rings (SSSR count). The van der Waals surface area contributed by atoms with Crippen LogP contribution in [0.1, 0.15) is 37.4 Å². The molecule has 0 heterocycles. The second-order valence-corrected chi connectivity index (χ2v) is 5.30. The van der Waals surface area contributed by atoms with Gasteiger partial charge in [0.25, 0.3) is 0 Å². The summed E-state index contributed by atoms with van der Waals surface area (Å²) >= 11 is 0. The van der Waals surface area contributed by atoms with E-state index in [4.69, 9.17) is 5.48 Å². The average molecular weight is 228 g/mol. The molecule has 0 N–H and O–H groups in total. The summed E-state index contributed by atoms with van der Waals surface area (Å²) in [5.41, 5.74) is 2.45. The SMILES string of the molecule is [2H]c1c([2H])c(-c2ccccc2C(C)(C)C)c([2H])c([2H])c1C. The number of rotatable bonds is 1. The minimum absolute atomic E-state index is 0.0326. The molecule has 0 unspecified atom stereocenters. The maximum atomic E-state index is 8.22. The maximum absolute atomic E-state index is 8.22. The van der Waals surface area contributed by atoms with Gasteiger partial charge in [0.15, 0.2) is 0 Å². The van der Waals surface area contributed by atoms with Gasteiger partial charge in [0.2, 0.25) is 0 Å². The second-order valence-electron chi connectivity index (χ2n) is 5.30. The van der Waals surface area contributed by atoms with E-state index < -0.39 is 0 Å². The van der Waals surface area contributed by atoms with Crippen LogP contribution in [-0.2, 0) is 5.41 Å². The summed E-state index contributed by atoms with van der Waals surface area (Å²) in [4.78, 5) is 0. The normalized spacial score (nSPS) is 14.8. The average Bonchev–Trinajstić information content (AvgIpc) is 2.43. The van der Waals surface area contributed by atoms with Crippen LogP contribution in [0, 0.1) is 6.92 Å². The van der Waals surface area contributed by atoms with Gasteiger partial charge in [0.1, 0.15) is 0 Å². The third-order valence-corrected chi connectivity index (χ3v) is 2.75. The lowest BCUT2D eigenvalue weighted by Gasteiger charge is -2.23. The first-order valence-corrected chi connectivity index (χ1v) is 5.83. The van der Waals surface area contributed by atoms with Gasteiger partial charge in [-0.25, -0.2) is 0 Å². The van der Waals surface area contributed by atoms with Crippen LogP contribution in [0.25, 0.3) is 11.1 Å². The smallest absolute Gasteiger partial charge is 0.0619 e. The van der Waals surface area contributed by atoms with Gasteiger partial charge in [0, 0.05) is 0 Å². The fourth-order valence-electron chi connectivity index (χ4n) is 1.86. The van der Waals surface area contributed by atoms with Crippen molar-refractivity contribution in [2.24, 2.45) is 0 Å². The lowest BCUT2D eigenvalue weighted by molar-refractivity contribution is 0.592. The van der Waals surface area contributed by atoms with Gasteiger partial charge in [-0.3, -0.25) is 0 Å². The first-order chi connectivity index (χ1) is 9.66. The highest BCUT2D eigenvalue weighted by Crippen LogP contribution is 2.32. The minimum Gasteiger partial charge on any atom is -0.0619 e. The molecule has 17 heavy (non-hydrogen) atoms. The molecule has 0 aliphatic carbocycles. The molecule has 0 amide bonds. The quantitative estimate of drug-likeness (QED) is 0.647. The molecule has 0 nitrogen and oxygen atoms in total. The molecular weight excluding hydrogens is 204 g/mol. The predicted molar refractivity (Wildman–Crippen MR) is 75.3 cm³/mol. The van der Waals surface area contributed by atoms with Crippen molar-refractivity contribution >= 4 is 0 Å². The van der Waals surface area contributed by atoms with E-state index in [1.54, 1.807) is 6.92 Å². The molecule has 0 saturated carbocycles. The summed E-state index contributed by atoms with van der Waals surface area (Å²) in [6.07, 6.45) is 0. The third kappa shape index (κ3) is 2.58. The maximum Gasteiger partial charge on any atom is 0.0629 e. The van der Waals surface area contributed by atoms with Crippen LogP contribution in [0.3, 0.4) is 0 Å². The Kier molecular flexibility index (Phi) is 1.98. The summed E-state index contributed by atoms with van der Waals surface area (Å²) < 4.78 is 32.5. The highest BCUT2D eigenvalue weighted by molar-refractivity contribution is 5.68. The molecule has 0 radical (unpaired) electrons. The third-order valence-electron chi connectivity index (χ3n) is 2.75. The van der Waals surface area contributed by atoms with Gasteiger partial charge in [0.05, 0.1) is 5.48 Å². The van der Waals surface area contributed by atoms with Crippen molar-refractivity contribution < 1.29 is 5.48 Å². The van der Waals surface area contributed by atoms with Crippen LogP contribution in [0.4, 0.5) is 0 Å². The summed E-state index contributed by atoms with van der Waals surface area (Å²) in [6, 6.07) is 7.81. The molecule has 0 saturated heterocycles. The van der Waals surface area contributed by atoms with Crippen molar-refractivity contribution in [3.63, 3.8) is 0 Å². The molecule has 2 aromatic rings. The molecule has 0 aromatic heterocycles. The van der Waals surface area contributed by atoms with Crippen molar-refractivity contribution in [1.82, 2.24) is 0 Å². The zero-order valence-electron chi connectivity index (χ0n) is 14.8. The van der Waals surface area contributed by atoms with Crippen LogP contribution in [0.5, 0.6) is 0 Å². The van der Waals surface area contributed by atoms with Crippen LogP contribution in [-0.4, -0.2) is 0 Å². The number of hydrogen-bond acceptors (Lipinski definition) is 0. The molecule has 0 fully saturated rings. The Labute approximate surface area is 110 Å². The van der Waals surface area contributed by atoms with E-state index in [1.165, 1.54) is 0 Å². The van der Waals surface area contributed by atoms with Crippen molar-refractivity contribution in [1.29, 1.82) is 0 Å². The van der Waals surface area contributed by atoms with Gasteiger partial charge in [-0.05, 0) is 29.0 Å². The fraction of sp³-hybridized carbons (Fsp3) is 0.294. The van der Waals surface area contributed by atoms with Crippen LogP contribution >= 0.6 is 0 Å². The number of benzene rings is 2. The Morgan fingerprint density at radius 2 is 1.53 bits per heavy atom. The van der Waals surface area contributed by atoms with Gasteiger partial charge in [-0.1, -0.05) is 74.8 Å². The van der Waals surface area contributed by atoms with Crippen LogP contribution in [0.15, 0.2) is 48.4 Å². The Morgan fingerprint density at radius 3 is 2.12 bits per heavy atom. The summed E-state index contributed by atoms with van der Waals surface area (Å²) in [5.74, 6) is 0. The lowest BCUT2D eigenvalue weighted by Crippen LogP contribution is -2.12. The van der Waals surface area contributed by atoms with Gasteiger partial charge in [-0.15, -0.1) is 0 Å². The van der Waals surface area contributed by atoms with Crippen LogP contribution in [0.2, 0.25) is 0 Å². The first kappa shape index (κ1) is 7.71. The molecular formula is C17H20. The van der Waals surface area contributed by atoms with Gasteiger partial charge >= 0.3 is 0 Å². The van der Waals surface area contributed by atoms with Crippen molar-refractivity contribution in [2.75, 3.05) is 0 Å². The lowest BCUT2D eigenvalue weighted by atomic mass is 9.82. The Hall–Kier alpha value is -1.56. The highest BCUT2D eigenvalue weighted by atomic mass is 14.2. The van der Waals surface area contributed by atoms with Crippen molar-refractivity contribution in [2.45, 2.75) is 33.1 Å². The van der Waals surface area contributed by atoms with E-state index in [9.17, 15) is 0 Å². The second kappa shape index (κ2) is 4.37. The molecule has 0 spiro atoms. The predicted octanol–water partition coefficient (Wildman–Crippen LogP) is 4.96. The molecule has 0 aliphatic rings. The Balaban J connectivity index is 2.87. The molecule has 0 bridgehead atoms. The molecule has 88 valence electrons. The molecule has 2 aromatic carbocycles. The molecule has 0 atom stereocenters. The van der Waals surface area contributed by atoms with Gasteiger partial charge < -0.3 is 0 Å². The van der Waals surface area contributed by atoms with E-state index in [0.717, 1.165) is 11.1 Å². The Morgan fingerprint density at radius 1 is 0.941 bits per heavy atom. The largest absolute Gasteiger partial charge is 0.0629 e. The minimum atomic E-state index is -0.134. The zero-order valence-corrected chi connectivity index (χ0v) is 10.8. The van der Waals surface area contributed by atoms with E-state index in [2.05, 4.69) is 20.8 Å². The standard InChI is InChI=1S/C17H20/c1-13-9-11-14(12-10-13)15-7-5-6-8-16(15)17(2,3)4/h5-12H,1-4H3/i9D,10D,11D,12D. The van der Waals surface area contributed by atoms with Crippen LogP contribution < -0.4 is 0 Å². The Bertz CT molecular complexity index is 668. The van der Waals surface area contributed by atoms with E-state index in [-0.39, 0.29) is 29.6 Å². The summed E-state index contributed by atoms with van der Waals surface area (Å²) in [7, 11) is 0. The van der Waals surface area contributed by atoms with E-state index in [1.807, 2.05) is 24.3 Å². The topological polar surface area (TPSA) is 0 Å². The molecule has 0 heteroatoms. The summed E-state index contributed by atoms with van der Waals surface area (Å²) in [6.45, 7) is 7.86. The van der Waals surface area contributed by atoms with Gasteiger partial charge in [-0.2, -0.15) is 0 Å². The fourth-order valence-corrected chi connectivity index (χ4v) is 1.86. The first-order valence-electron chi connectivity index (χ1n) is 7.83. The van der Waals surface area contributed by atoms with E-state index in [0.29, 0.717) is 11.1 Å². The molecule has 0 aliphatic heterocycles. The van der Waals surface area contributed by atoms with E-state index >= 15 is 0 Å².